The van der Waals surface area contributed by atoms with E-state index in [4.69, 9.17) is 4.74 Å². The van der Waals surface area contributed by atoms with Gasteiger partial charge in [-0.2, -0.15) is 0 Å². The summed E-state index contributed by atoms with van der Waals surface area (Å²) in [6, 6.07) is 14.2. The highest BCUT2D eigenvalue weighted by atomic mass is 19.1. The Morgan fingerprint density at radius 3 is 2.75 bits per heavy atom. The molecule has 0 saturated carbocycles. The van der Waals surface area contributed by atoms with E-state index in [1.54, 1.807) is 18.2 Å². The monoisotopic (exact) mass is 270 g/mol. The third kappa shape index (κ3) is 2.49. The van der Waals surface area contributed by atoms with Gasteiger partial charge in [0.05, 0.1) is 6.61 Å². The smallest absolute Gasteiger partial charge is 0.170 e. The summed E-state index contributed by atoms with van der Waals surface area (Å²) in [5.74, 6) is -0.438. The lowest BCUT2D eigenvalue weighted by molar-refractivity contribution is -0.131. The Morgan fingerprint density at radius 2 is 1.90 bits per heavy atom. The zero-order valence-electron chi connectivity index (χ0n) is 11.0. The van der Waals surface area contributed by atoms with Crippen LogP contribution in [0.15, 0.2) is 48.5 Å². The van der Waals surface area contributed by atoms with Crippen molar-refractivity contribution < 1.29 is 13.9 Å². The molecule has 1 unspecified atom stereocenters. The van der Waals surface area contributed by atoms with Crippen molar-refractivity contribution in [3.63, 3.8) is 0 Å². The minimum Gasteiger partial charge on any atom is -0.365 e. The number of fused-ring (bicyclic) bond motifs is 1. The summed E-state index contributed by atoms with van der Waals surface area (Å²) in [4.78, 5) is 12.4. The summed E-state index contributed by atoms with van der Waals surface area (Å²) >= 11 is 0. The highest BCUT2D eigenvalue weighted by Crippen LogP contribution is 2.28. The van der Waals surface area contributed by atoms with Gasteiger partial charge in [-0.05, 0) is 29.2 Å². The van der Waals surface area contributed by atoms with Gasteiger partial charge in [-0.15, -0.1) is 0 Å². The van der Waals surface area contributed by atoms with E-state index in [0.29, 0.717) is 12.2 Å². The molecule has 102 valence electrons. The molecule has 0 aromatic heterocycles. The van der Waals surface area contributed by atoms with E-state index in [1.165, 1.54) is 6.07 Å². The first-order valence-electron chi connectivity index (χ1n) is 6.71. The maximum Gasteiger partial charge on any atom is 0.170 e. The lowest BCUT2D eigenvalue weighted by atomic mass is 9.93. The summed E-state index contributed by atoms with van der Waals surface area (Å²) in [5, 5.41) is 0. The highest BCUT2D eigenvalue weighted by molar-refractivity contribution is 5.87. The maximum atomic E-state index is 13.6. The Bertz CT molecular complexity index is 636. The largest absolute Gasteiger partial charge is 0.365 e. The summed E-state index contributed by atoms with van der Waals surface area (Å²) in [5.41, 5.74) is 2.48. The minimum atomic E-state index is -0.570. The van der Waals surface area contributed by atoms with Gasteiger partial charge in [0, 0.05) is 6.42 Å². The van der Waals surface area contributed by atoms with Crippen LogP contribution >= 0.6 is 0 Å². The van der Waals surface area contributed by atoms with Gasteiger partial charge in [-0.25, -0.2) is 4.39 Å². The van der Waals surface area contributed by atoms with Crippen LogP contribution in [0.25, 0.3) is 0 Å². The quantitative estimate of drug-likeness (QED) is 0.855. The fourth-order valence-corrected chi connectivity index (χ4v) is 2.58. The topological polar surface area (TPSA) is 26.3 Å². The van der Waals surface area contributed by atoms with Crippen LogP contribution < -0.4 is 0 Å². The standard InChI is InChI=1S/C17H15FO2/c18-15-8-4-2-6-13(15)11-16(19)17-14-7-3-1-5-12(14)9-10-20-17/h1-8,17H,9-11H2. The molecule has 3 heteroatoms. The second kappa shape index (κ2) is 5.55. The maximum absolute atomic E-state index is 13.6. The first-order valence-corrected chi connectivity index (χ1v) is 6.71. The second-order valence-corrected chi connectivity index (χ2v) is 4.93. The molecule has 0 amide bonds. The average molecular weight is 270 g/mol. The number of hydrogen-bond donors (Lipinski definition) is 0. The molecule has 0 N–H and O–H groups in total. The molecule has 1 heterocycles. The fraction of sp³-hybridized carbons (Fsp3) is 0.235. The first-order chi connectivity index (χ1) is 9.75. The lowest BCUT2D eigenvalue weighted by Crippen LogP contribution is -2.24. The van der Waals surface area contributed by atoms with Crippen molar-refractivity contribution in [2.24, 2.45) is 0 Å². The van der Waals surface area contributed by atoms with Crippen molar-refractivity contribution in [3.8, 4) is 0 Å². The van der Waals surface area contributed by atoms with Crippen LogP contribution in [0, 0.1) is 5.82 Å². The zero-order valence-corrected chi connectivity index (χ0v) is 11.0. The van der Waals surface area contributed by atoms with Gasteiger partial charge in [0.1, 0.15) is 11.9 Å². The van der Waals surface area contributed by atoms with Crippen LogP contribution in [-0.2, 0) is 22.4 Å². The van der Waals surface area contributed by atoms with Crippen LogP contribution in [0.3, 0.4) is 0 Å². The van der Waals surface area contributed by atoms with Crippen LogP contribution in [0.5, 0.6) is 0 Å². The van der Waals surface area contributed by atoms with Gasteiger partial charge in [-0.3, -0.25) is 4.79 Å². The second-order valence-electron chi connectivity index (χ2n) is 4.93. The molecule has 1 aliphatic rings. The summed E-state index contributed by atoms with van der Waals surface area (Å²) < 4.78 is 19.2. The lowest BCUT2D eigenvalue weighted by Gasteiger charge is -2.25. The van der Waals surface area contributed by atoms with Crippen LogP contribution in [0.2, 0.25) is 0 Å². The van der Waals surface area contributed by atoms with Crippen molar-refractivity contribution in [2.45, 2.75) is 18.9 Å². The molecule has 20 heavy (non-hydrogen) atoms. The van der Waals surface area contributed by atoms with Gasteiger partial charge in [0.25, 0.3) is 0 Å². The zero-order chi connectivity index (χ0) is 13.9. The number of halogens is 1. The normalized spacial score (nSPS) is 17.6. The number of ketones is 1. The molecule has 3 rings (SSSR count). The predicted molar refractivity (Wildman–Crippen MR) is 74.0 cm³/mol. The third-order valence-corrected chi connectivity index (χ3v) is 3.61. The Balaban J connectivity index is 1.84. The predicted octanol–water partition coefficient (Wildman–Crippen LogP) is 3.25. The van der Waals surface area contributed by atoms with Crippen molar-refractivity contribution in [3.05, 3.63) is 71.0 Å². The SMILES string of the molecule is O=C(Cc1ccccc1F)C1OCCc2ccccc21. The summed E-state index contributed by atoms with van der Waals surface area (Å²) in [7, 11) is 0. The number of rotatable bonds is 3. The van der Waals surface area contributed by atoms with Gasteiger partial charge in [0.15, 0.2) is 5.78 Å². The van der Waals surface area contributed by atoms with Crippen molar-refractivity contribution >= 4 is 5.78 Å². The molecule has 0 saturated heterocycles. The Morgan fingerprint density at radius 1 is 1.15 bits per heavy atom. The van der Waals surface area contributed by atoms with E-state index >= 15 is 0 Å². The Labute approximate surface area is 117 Å². The molecule has 0 bridgehead atoms. The molecule has 2 aromatic carbocycles. The fourth-order valence-electron chi connectivity index (χ4n) is 2.58. The van der Waals surface area contributed by atoms with E-state index in [9.17, 15) is 9.18 Å². The van der Waals surface area contributed by atoms with E-state index in [-0.39, 0.29) is 18.0 Å². The molecule has 0 spiro atoms. The number of benzene rings is 2. The molecule has 0 aliphatic carbocycles. The van der Waals surface area contributed by atoms with Gasteiger partial charge in [0.2, 0.25) is 0 Å². The van der Waals surface area contributed by atoms with Gasteiger partial charge < -0.3 is 4.74 Å². The van der Waals surface area contributed by atoms with E-state index in [2.05, 4.69) is 0 Å². The Kier molecular flexibility index (Phi) is 3.61. The van der Waals surface area contributed by atoms with E-state index in [1.807, 2.05) is 24.3 Å². The number of ether oxygens (including phenoxy) is 1. The Hall–Kier alpha value is -2.00. The first kappa shape index (κ1) is 13.0. The van der Waals surface area contributed by atoms with Crippen LogP contribution in [0.4, 0.5) is 4.39 Å². The molecule has 1 aliphatic heterocycles. The summed E-state index contributed by atoms with van der Waals surface area (Å²) in [6.07, 6.45) is 0.310. The van der Waals surface area contributed by atoms with Crippen molar-refractivity contribution in [1.82, 2.24) is 0 Å². The van der Waals surface area contributed by atoms with Gasteiger partial charge >= 0.3 is 0 Å². The van der Waals surface area contributed by atoms with E-state index < -0.39 is 6.10 Å². The minimum absolute atomic E-state index is 0.0612. The average Bonchev–Trinajstić information content (AvgIpc) is 2.49. The molecule has 0 fully saturated rings. The number of carbonyl (C=O) groups is 1. The number of carbonyl (C=O) groups excluding carboxylic acids is 1. The molecule has 0 radical (unpaired) electrons. The highest BCUT2D eigenvalue weighted by Gasteiger charge is 2.27. The van der Waals surface area contributed by atoms with Crippen LogP contribution in [0.1, 0.15) is 22.8 Å². The molecule has 1 atom stereocenters. The van der Waals surface area contributed by atoms with E-state index in [0.717, 1.165) is 17.5 Å². The molecule has 2 aromatic rings. The molecular formula is C17H15FO2. The van der Waals surface area contributed by atoms with Crippen molar-refractivity contribution in [2.75, 3.05) is 6.61 Å². The van der Waals surface area contributed by atoms with Crippen molar-refractivity contribution in [1.29, 1.82) is 0 Å². The number of Topliss-reactive ketones (excluding diaryl/α,β-unsaturated/α-hetero) is 1. The molecule has 2 nitrogen and oxygen atoms in total. The van der Waals surface area contributed by atoms with Gasteiger partial charge in [-0.1, -0.05) is 42.5 Å². The summed E-state index contributed by atoms with van der Waals surface area (Å²) in [6.45, 7) is 0.532. The number of hydrogen-bond acceptors (Lipinski definition) is 2. The van der Waals surface area contributed by atoms with Crippen LogP contribution in [-0.4, -0.2) is 12.4 Å². The molecular weight excluding hydrogens is 255 g/mol. The third-order valence-electron chi connectivity index (χ3n) is 3.61.